The Bertz CT molecular complexity index is 836. The first-order chi connectivity index (χ1) is 17.4. The summed E-state index contributed by atoms with van der Waals surface area (Å²) >= 11 is 1.59. The van der Waals surface area contributed by atoms with Crippen LogP contribution in [0.3, 0.4) is 0 Å². The third kappa shape index (κ3) is 4.93. The predicted octanol–water partition coefficient (Wildman–Crippen LogP) is 1.31. The minimum absolute atomic E-state index is 0.0789. The zero-order valence-corrected chi connectivity index (χ0v) is 22.2. The van der Waals surface area contributed by atoms with Gasteiger partial charge in [0, 0.05) is 51.1 Å². The van der Waals surface area contributed by atoms with E-state index in [9.17, 15) is 19.5 Å². The summed E-state index contributed by atoms with van der Waals surface area (Å²) in [4.78, 5) is 46.2. The van der Waals surface area contributed by atoms with Crippen LogP contribution in [-0.4, -0.2) is 118 Å². The number of hydrogen-bond acceptors (Lipinski definition) is 7. The number of carbonyl (C=O) groups excluding carboxylic acids is 2. The molecule has 4 aliphatic heterocycles. The third-order valence-corrected chi connectivity index (χ3v) is 10.6. The van der Waals surface area contributed by atoms with E-state index >= 15 is 0 Å². The van der Waals surface area contributed by atoms with E-state index in [-0.39, 0.29) is 29.6 Å². The zero-order valence-electron chi connectivity index (χ0n) is 21.3. The number of aliphatic hydroxyl groups excluding tert-OH is 1. The van der Waals surface area contributed by atoms with Gasteiger partial charge in [-0.2, -0.15) is 0 Å². The molecule has 4 saturated heterocycles. The Morgan fingerprint density at radius 2 is 1.94 bits per heavy atom. The van der Waals surface area contributed by atoms with E-state index in [0.717, 1.165) is 45.3 Å². The van der Waals surface area contributed by atoms with Crippen LogP contribution in [0.5, 0.6) is 0 Å². The summed E-state index contributed by atoms with van der Waals surface area (Å²) in [5, 5.41) is 19.0. The Hall–Kier alpha value is -1.62. The average molecular weight is 524 g/mol. The second-order valence-electron chi connectivity index (χ2n) is 10.6. The second kappa shape index (κ2) is 11.8. The average Bonchev–Trinajstić information content (AvgIpc) is 3.45. The third-order valence-electron chi connectivity index (χ3n) is 8.52. The van der Waals surface area contributed by atoms with E-state index in [0.29, 0.717) is 39.3 Å². The highest BCUT2D eigenvalue weighted by Crippen LogP contribution is 2.68. The molecule has 202 valence electrons. The standard InChI is InChI=1S/C26H41N3O6S/c1-3-8-28(11-10-27-12-15-35-16-13-27)24(32)22-26-18(2)17-19(36-26)20(25(33)34)21(26)23(31)29(22)9-6-4-5-7-14-30/h3,18-22,30H,1,4-17H2,2H3,(H,33,34)/t18?,19-,20+,21+,22?,26?/m1/s1. The molecule has 4 heterocycles. The quantitative estimate of drug-likeness (QED) is 0.275. The molecule has 0 aromatic rings. The minimum atomic E-state index is -0.925. The van der Waals surface area contributed by atoms with Crippen molar-refractivity contribution < 1.29 is 29.3 Å². The fourth-order valence-corrected chi connectivity index (χ4v) is 9.19. The number of hydrogen-bond donors (Lipinski definition) is 2. The molecule has 0 saturated carbocycles. The Morgan fingerprint density at radius 1 is 1.22 bits per heavy atom. The number of morpholine rings is 1. The number of fused-ring (bicyclic) bond motifs is 1. The van der Waals surface area contributed by atoms with Gasteiger partial charge in [-0.05, 0) is 25.2 Å². The molecule has 0 aliphatic carbocycles. The van der Waals surface area contributed by atoms with E-state index in [4.69, 9.17) is 9.84 Å². The number of amides is 2. The Labute approximate surface area is 218 Å². The van der Waals surface area contributed by atoms with E-state index in [1.165, 1.54) is 0 Å². The summed E-state index contributed by atoms with van der Waals surface area (Å²) in [7, 11) is 0. The van der Waals surface area contributed by atoms with E-state index in [1.807, 2.05) is 4.90 Å². The van der Waals surface area contributed by atoms with Crippen molar-refractivity contribution in [3.8, 4) is 0 Å². The highest BCUT2D eigenvalue weighted by Gasteiger charge is 2.76. The highest BCUT2D eigenvalue weighted by atomic mass is 32.2. The molecular formula is C26H41N3O6S. The molecule has 2 bridgehead atoms. The first-order valence-electron chi connectivity index (χ1n) is 13.4. The molecular weight excluding hydrogens is 482 g/mol. The molecule has 2 N–H and O–H groups in total. The summed E-state index contributed by atoms with van der Waals surface area (Å²) in [6.07, 6.45) is 5.60. The molecule has 9 nitrogen and oxygen atoms in total. The lowest BCUT2D eigenvalue weighted by Crippen LogP contribution is -2.58. The first kappa shape index (κ1) is 27.4. The minimum Gasteiger partial charge on any atom is -0.481 e. The lowest BCUT2D eigenvalue weighted by atomic mass is 9.66. The molecule has 36 heavy (non-hydrogen) atoms. The maximum atomic E-state index is 14.3. The molecule has 0 aromatic heterocycles. The van der Waals surface area contributed by atoms with Crippen LogP contribution >= 0.6 is 11.8 Å². The van der Waals surface area contributed by atoms with Crippen LogP contribution in [0, 0.1) is 17.8 Å². The van der Waals surface area contributed by atoms with Crippen LogP contribution < -0.4 is 0 Å². The number of aliphatic hydroxyl groups is 1. The van der Waals surface area contributed by atoms with Crippen molar-refractivity contribution in [2.24, 2.45) is 17.8 Å². The van der Waals surface area contributed by atoms with Crippen LogP contribution in [-0.2, 0) is 19.1 Å². The summed E-state index contributed by atoms with van der Waals surface area (Å²) in [5.74, 6) is -2.50. The molecule has 0 aromatic carbocycles. The van der Waals surface area contributed by atoms with Crippen LogP contribution in [0.2, 0.25) is 0 Å². The number of carboxylic acid groups (broad SMARTS) is 1. The number of thioether (sulfide) groups is 1. The van der Waals surface area contributed by atoms with Crippen LogP contribution in [0.15, 0.2) is 12.7 Å². The molecule has 4 rings (SSSR count). The molecule has 4 aliphatic rings. The number of carbonyl (C=O) groups is 3. The van der Waals surface area contributed by atoms with Gasteiger partial charge in [0.05, 0.1) is 29.8 Å². The van der Waals surface area contributed by atoms with Gasteiger partial charge in [0.1, 0.15) is 6.04 Å². The highest BCUT2D eigenvalue weighted by molar-refractivity contribution is 8.02. The normalized spacial score (nSPS) is 33.7. The van der Waals surface area contributed by atoms with Gasteiger partial charge in [0.15, 0.2) is 0 Å². The summed E-state index contributed by atoms with van der Waals surface area (Å²) in [5.41, 5.74) is 0. The molecule has 2 amide bonds. The monoisotopic (exact) mass is 523 g/mol. The van der Waals surface area contributed by atoms with Gasteiger partial charge in [-0.15, -0.1) is 18.3 Å². The van der Waals surface area contributed by atoms with Crippen molar-refractivity contribution in [1.29, 1.82) is 0 Å². The molecule has 4 fully saturated rings. The van der Waals surface area contributed by atoms with Gasteiger partial charge in [0.25, 0.3) is 0 Å². The molecule has 0 radical (unpaired) electrons. The van der Waals surface area contributed by atoms with Crippen molar-refractivity contribution in [2.45, 2.75) is 55.1 Å². The first-order valence-corrected chi connectivity index (χ1v) is 14.3. The van der Waals surface area contributed by atoms with Crippen molar-refractivity contribution >= 4 is 29.5 Å². The molecule has 3 unspecified atom stereocenters. The van der Waals surface area contributed by atoms with Gasteiger partial charge < -0.3 is 24.7 Å². The molecule has 6 atom stereocenters. The maximum absolute atomic E-state index is 14.3. The van der Waals surface area contributed by atoms with Crippen LogP contribution in [0.4, 0.5) is 0 Å². The van der Waals surface area contributed by atoms with Gasteiger partial charge in [-0.25, -0.2) is 0 Å². The lowest BCUT2D eigenvalue weighted by Gasteiger charge is -2.40. The number of unbranched alkanes of at least 4 members (excludes halogenated alkanes) is 3. The van der Waals surface area contributed by atoms with Gasteiger partial charge in [0.2, 0.25) is 11.8 Å². The fourth-order valence-electron chi connectivity index (χ4n) is 6.78. The predicted molar refractivity (Wildman–Crippen MR) is 138 cm³/mol. The zero-order chi connectivity index (χ0) is 25.9. The number of rotatable bonds is 13. The fraction of sp³-hybridized carbons (Fsp3) is 0.808. The van der Waals surface area contributed by atoms with E-state index < -0.39 is 28.6 Å². The number of nitrogens with zero attached hydrogens (tertiary/aromatic N) is 3. The number of aliphatic carboxylic acids is 1. The van der Waals surface area contributed by atoms with Gasteiger partial charge >= 0.3 is 5.97 Å². The van der Waals surface area contributed by atoms with Crippen molar-refractivity contribution in [3.05, 3.63) is 12.7 Å². The maximum Gasteiger partial charge on any atom is 0.308 e. The number of likely N-dealkylation sites (tertiary alicyclic amines) is 1. The van der Waals surface area contributed by atoms with Crippen molar-refractivity contribution in [2.75, 3.05) is 59.1 Å². The molecule has 1 spiro atoms. The topological polar surface area (TPSA) is 111 Å². The summed E-state index contributed by atoms with van der Waals surface area (Å²) < 4.78 is 4.74. The largest absolute Gasteiger partial charge is 0.481 e. The number of ether oxygens (including phenoxy) is 1. The Morgan fingerprint density at radius 3 is 2.61 bits per heavy atom. The van der Waals surface area contributed by atoms with Crippen LogP contribution in [0.1, 0.15) is 39.0 Å². The lowest BCUT2D eigenvalue weighted by molar-refractivity contribution is -0.149. The van der Waals surface area contributed by atoms with Crippen molar-refractivity contribution in [1.82, 2.24) is 14.7 Å². The second-order valence-corrected chi connectivity index (χ2v) is 12.1. The van der Waals surface area contributed by atoms with Gasteiger partial charge in [-0.1, -0.05) is 25.8 Å². The smallest absolute Gasteiger partial charge is 0.308 e. The summed E-state index contributed by atoms with van der Waals surface area (Å²) in [6, 6.07) is -0.660. The van der Waals surface area contributed by atoms with Crippen molar-refractivity contribution in [3.63, 3.8) is 0 Å². The van der Waals surface area contributed by atoms with E-state index in [2.05, 4.69) is 18.4 Å². The molecule has 10 heteroatoms. The van der Waals surface area contributed by atoms with Gasteiger partial charge in [-0.3, -0.25) is 19.3 Å². The SMILES string of the molecule is C=CCN(CCN1CCOCC1)C(=O)C1N(CCCCCCO)C(=O)[C@@H]2[C@@H](C(=O)O)[C@H]3CC(C)C12S3. The number of carboxylic acids is 1. The Balaban J connectivity index is 1.60. The Kier molecular flexibility index (Phi) is 9.01. The van der Waals surface area contributed by atoms with E-state index in [1.54, 1.807) is 22.7 Å². The summed E-state index contributed by atoms with van der Waals surface area (Å²) in [6.45, 7) is 11.2. The van der Waals surface area contributed by atoms with Crippen LogP contribution in [0.25, 0.3) is 0 Å².